The minimum Gasteiger partial charge on any atom is -0.489 e. The summed E-state index contributed by atoms with van der Waals surface area (Å²) < 4.78 is 23.7. The van der Waals surface area contributed by atoms with Gasteiger partial charge in [0.2, 0.25) is 5.91 Å². The van der Waals surface area contributed by atoms with Gasteiger partial charge < -0.3 is 19.6 Å². The summed E-state index contributed by atoms with van der Waals surface area (Å²) in [5.74, 6) is -2.04. The molecular weight excluding hydrogens is 512 g/mol. The predicted octanol–water partition coefficient (Wildman–Crippen LogP) is 1.72. The second-order valence-electron chi connectivity index (χ2n) is 8.68. The number of nitrogens with zero attached hydrogens (tertiary/aromatic N) is 1. The molecule has 0 radical (unpaired) electrons. The first-order valence-electron chi connectivity index (χ1n) is 11.6. The zero-order chi connectivity index (χ0) is 26.8. The average molecular weight is 535 g/mol. The Morgan fingerprint density at radius 2 is 1.89 bits per heavy atom. The summed E-state index contributed by atoms with van der Waals surface area (Å²) in [6, 6.07) is 15.9. The number of nitrogens with one attached hydrogen (secondary N) is 1. The lowest BCUT2D eigenvalue weighted by Gasteiger charge is -2.48. The molecule has 3 atom stereocenters. The van der Waals surface area contributed by atoms with Crippen LogP contribution in [0.1, 0.15) is 5.56 Å². The number of fused-ring (bicyclic) bond motifs is 2. The van der Waals surface area contributed by atoms with Crippen molar-refractivity contribution in [2.45, 2.75) is 17.8 Å². The summed E-state index contributed by atoms with van der Waals surface area (Å²) in [5, 5.41) is 12.2. The summed E-state index contributed by atoms with van der Waals surface area (Å²) in [6.45, 7) is 0.0428. The molecule has 38 heavy (non-hydrogen) atoms. The van der Waals surface area contributed by atoms with Crippen molar-refractivity contribution in [1.29, 1.82) is 0 Å². The van der Waals surface area contributed by atoms with Crippen molar-refractivity contribution in [3.63, 3.8) is 0 Å². The number of carbonyl (C=O) groups is 3. The Kier molecular flexibility index (Phi) is 6.93. The number of hydrogen-bond donors (Lipinski definition) is 2. The van der Waals surface area contributed by atoms with Crippen molar-refractivity contribution in [3.8, 4) is 5.75 Å². The number of carboxylic acid groups (broad SMARTS) is 1. The standard InChI is InChI=1S/C27H22N2O8S/c30-21(13-16-5-2-1-3-6-16)28-23-25(32)29-24(27(33)34)18(15-38(35)26(23)29)7-4-12-36-19-10-8-17-9-11-22(31)37-20(17)14-19/h1-11,14,23,26H,12-13,15H2,(H,28,30)(H,33,34)/b7-4-/t23-,26-,38?/m1/s1. The quantitative estimate of drug-likeness (QED) is 0.329. The molecule has 2 aromatic carbocycles. The Bertz CT molecular complexity index is 1580. The smallest absolute Gasteiger partial charge is 0.352 e. The Labute approximate surface area is 218 Å². The lowest BCUT2D eigenvalue weighted by atomic mass is 10.0. The van der Waals surface area contributed by atoms with Gasteiger partial charge in [0.05, 0.1) is 23.0 Å². The second kappa shape index (κ2) is 10.5. The number of ether oxygens (including phenoxy) is 1. The number of hydrogen-bond acceptors (Lipinski definition) is 7. The van der Waals surface area contributed by atoms with E-state index in [4.69, 9.17) is 9.15 Å². The first-order chi connectivity index (χ1) is 18.3. The summed E-state index contributed by atoms with van der Waals surface area (Å²) >= 11 is 0. The molecule has 2 N–H and O–H groups in total. The SMILES string of the molecule is O=C(Cc1ccccc1)N[C@@H]1C(=O)N2C(C(=O)O)=C(/C=C\COc3ccc4ccc(=O)oc4c3)CS(=O)[C@H]12. The van der Waals surface area contributed by atoms with Crippen LogP contribution in [0.2, 0.25) is 0 Å². The molecule has 5 rings (SSSR count). The van der Waals surface area contributed by atoms with Gasteiger partial charge in [-0.25, -0.2) is 9.59 Å². The minimum absolute atomic E-state index is 0.0428. The molecule has 0 aliphatic carbocycles. The summed E-state index contributed by atoms with van der Waals surface area (Å²) in [7, 11) is -1.63. The van der Waals surface area contributed by atoms with E-state index in [0.29, 0.717) is 11.3 Å². The highest BCUT2D eigenvalue weighted by molar-refractivity contribution is 7.86. The molecule has 1 fully saturated rings. The Hall–Kier alpha value is -4.51. The van der Waals surface area contributed by atoms with Crippen molar-refractivity contribution >= 4 is 39.6 Å². The Balaban J connectivity index is 1.26. The van der Waals surface area contributed by atoms with E-state index in [2.05, 4.69) is 5.32 Å². The zero-order valence-corrected chi connectivity index (χ0v) is 20.7. The van der Waals surface area contributed by atoms with Crippen LogP contribution in [-0.4, -0.2) is 55.8 Å². The number of carbonyl (C=O) groups excluding carboxylic acids is 2. The second-order valence-corrected chi connectivity index (χ2v) is 10.2. The number of allylic oxidation sites excluding steroid dienone is 1. The normalized spacial score (nSPS) is 20.8. The van der Waals surface area contributed by atoms with E-state index in [1.54, 1.807) is 54.6 Å². The fourth-order valence-corrected chi connectivity index (χ4v) is 6.05. The molecule has 2 aliphatic rings. The third kappa shape index (κ3) is 5.00. The molecule has 10 nitrogen and oxygen atoms in total. The Morgan fingerprint density at radius 3 is 2.66 bits per heavy atom. The number of benzene rings is 2. The van der Waals surface area contributed by atoms with Gasteiger partial charge in [0, 0.05) is 17.5 Å². The van der Waals surface area contributed by atoms with Crippen LogP contribution in [-0.2, 0) is 31.6 Å². The van der Waals surface area contributed by atoms with Gasteiger partial charge in [0.1, 0.15) is 35.1 Å². The van der Waals surface area contributed by atoms with Gasteiger partial charge in [-0.2, -0.15) is 0 Å². The molecule has 3 aromatic rings. The van der Waals surface area contributed by atoms with Crippen LogP contribution in [0.3, 0.4) is 0 Å². The van der Waals surface area contributed by atoms with Crippen LogP contribution in [0.4, 0.5) is 0 Å². The highest BCUT2D eigenvalue weighted by Gasteiger charge is 2.56. The van der Waals surface area contributed by atoms with Gasteiger partial charge in [-0.05, 0) is 35.4 Å². The van der Waals surface area contributed by atoms with Gasteiger partial charge in [-0.15, -0.1) is 0 Å². The molecule has 1 saturated heterocycles. The van der Waals surface area contributed by atoms with Crippen molar-refractivity contribution in [2.75, 3.05) is 12.4 Å². The molecule has 2 amide bonds. The van der Waals surface area contributed by atoms with Crippen molar-refractivity contribution in [1.82, 2.24) is 10.2 Å². The largest absolute Gasteiger partial charge is 0.489 e. The molecule has 3 heterocycles. The fourth-order valence-electron chi connectivity index (χ4n) is 4.40. The van der Waals surface area contributed by atoms with Crippen LogP contribution >= 0.6 is 0 Å². The number of aliphatic carboxylic acids is 1. The molecule has 0 spiro atoms. The topological polar surface area (TPSA) is 143 Å². The number of rotatable bonds is 8. The molecule has 194 valence electrons. The molecule has 11 heteroatoms. The lowest BCUT2D eigenvalue weighted by molar-refractivity contribution is -0.150. The van der Waals surface area contributed by atoms with Gasteiger partial charge in [-0.1, -0.05) is 36.4 Å². The maximum absolute atomic E-state index is 13.0. The third-order valence-corrected chi connectivity index (χ3v) is 7.76. The maximum atomic E-state index is 13.0. The summed E-state index contributed by atoms with van der Waals surface area (Å²) in [6.07, 6.45) is 3.06. The highest BCUT2D eigenvalue weighted by atomic mass is 32.2. The van der Waals surface area contributed by atoms with E-state index in [9.17, 15) is 28.5 Å². The monoisotopic (exact) mass is 534 g/mol. The van der Waals surface area contributed by atoms with Crippen molar-refractivity contribution in [2.24, 2.45) is 0 Å². The minimum atomic E-state index is -1.63. The van der Waals surface area contributed by atoms with Gasteiger partial charge in [0.15, 0.2) is 0 Å². The predicted molar refractivity (Wildman–Crippen MR) is 138 cm³/mol. The molecule has 0 bridgehead atoms. The molecular formula is C27H22N2O8S. The fraction of sp³-hybridized carbons (Fsp3) is 0.185. The highest BCUT2D eigenvalue weighted by Crippen LogP contribution is 2.35. The number of carboxylic acids is 1. The van der Waals surface area contributed by atoms with E-state index in [-0.39, 0.29) is 30.1 Å². The first kappa shape index (κ1) is 25.2. The summed E-state index contributed by atoms with van der Waals surface area (Å²) in [5.41, 5.74) is 0.585. The maximum Gasteiger partial charge on any atom is 0.352 e. The van der Waals surface area contributed by atoms with Crippen LogP contribution in [0.25, 0.3) is 11.0 Å². The van der Waals surface area contributed by atoms with Gasteiger partial charge in [-0.3, -0.25) is 18.7 Å². The van der Waals surface area contributed by atoms with Crippen LogP contribution in [0.5, 0.6) is 5.75 Å². The Morgan fingerprint density at radius 1 is 1.13 bits per heavy atom. The van der Waals surface area contributed by atoms with Crippen molar-refractivity contribution in [3.05, 3.63) is 100 Å². The van der Waals surface area contributed by atoms with Gasteiger partial charge in [0.25, 0.3) is 5.91 Å². The van der Waals surface area contributed by atoms with Crippen LogP contribution in [0.15, 0.2) is 93.3 Å². The lowest BCUT2D eigenvalue weighted by Crippen LogP contribution is -2.73. The number of β-lactam (4-membered cyclic amide) rings is 1. The van der Waals surface area contributed by atoms with E-state index < -0.39 is 45.6 Å². The van der Waals surface area contributed by atoms with E-state index in [1.807, 2.05) is 6.07 Å². The first-order valence-corrected chi connectivity index (χ1v) is 13.0. The van der Waals surface area contributed by atoms with Crippen LogP contribution in [0, 0.1) is 0 Å². The third-order valence-electron chi connectivity index (χ3n) is 6.14. The van der Waals surface area contributed by atoms with Crippen molar-refractivity contribution < 1.29 is 32.9 Å². The van der Waals surface area contributed by atoms with E-state index >= 15 is 0 Å². The molecule has 2 aliphatic heterocycles. The molecule has 0 saturated carbocycles. The number of amides is 2. The van der Waals surface area contributed by atoms with E-state index in [1.165, 1.54) is 12.1 Å². The van der Waals surface area contributed by atoms with Crippen LogP contribution < -0.4 is 15.7 Å². The van der Waals surface area contributed by atoms with E-state index in [0.717, 1.165) is 15.8 Å². The molecule has 1 aromatic heterocycles. The van der Waals surface area contributed by atoms with Gasteiger partial charge >= 0.3 is 11.6 Å². The molecule has 1 unspecified atom stereocenters. The average Bonchev–Trinajstić information content (AvgIpc) is 2.89. The zero-order valence-electron chi connectivity index (χ0n) is 19.9. The summed E-state index contributed by atoms with van der Waals surface area (Å²) in [4.78, 5) is 49.7.